The zero-order valence-corrected chi connectivity index (χ0v) is 13.1. The molecule has 114 valence electrons. The van der Waals surface area contributed by atoms with Crippen molar-refractivity contribution in [3.63, 3.8) is 0 Å². The predicted octanol–water partition coefficient (Wildman–Crippen LogP) is 1.04. The number of rotatable bonds is 5. The summed E-state index contributed by atoms with van der Waals surface area (Å²) in [6.07, 6.45) is 3.42. The fourth-order valence-corrected chi connectivity index (χ4v) is 3.60. The van der Waals surface area contributed by atoms with E-state index in [9.17, 15) is 13.5 Å². The summed E-state index contributed by atoms with van der Waals surface area (Å²) in [5, 5.41) is 13.3. The van der Waals surface area contributed by atoms with Gasteiger partial charge in [-0.2, -0.15) is 9.40 Å². The van der Waals surface area contributed by atoms with Crippen LogP contribution in [0.1, 0.15) is 16.7 Å². The molecule has 0 radical (unpaired) electrons. The second-order valence-corrected chi connectivity index (χ2v) is 7.00. The predicted molar refractivity (Wildman–Crippen MR) is 79.0 cm³/mol. The van der Waals surface area contributed by atoms with Gasteiger partial charge in [-0.05, 0) is 24.1 Å². The molecule has 0 aliphatic carbocycles. The van der Waals surface area contributed by atoms with Crippen LogP contribution in [0.3, 0.4) is 0 Å². The molecule has 0 aliphatic rings. The van der Waals surface area contributed by atoms with E-state index in [1.165, 1.54) is 11.4 Å². The first-order valence-corrected chi connectivity index (χ1v) is 7.93. The number of aliphatic hydroxyl groups excluding tert-OH is 1. The van der Waals surface area contributed by atoms with Gasteiger partial charge in [-0.1, -0.05) is 12.1 Å². The fourth-order valence-electron chi connectivity index (χ4n) is 2.17. The van der Waals surface area contributed by atoms with Crippen LogP contribution in [0, 0.1) is 6.92 Å². The van der Waals surface area contributed by atoms with Crippen LogP contribution < -0.4 is 0 Å². The molecule has 6 nitrogen and oxygen atoms in total. The summed E-state index contributed by atoms with van der Waals surface area (Å²) in [6, 6.07) is 4.92. The van der Waals surface area contributed by atoms with E-state index in [4.69, 9.17) is 0 Å². The number of hydrogen-bond acceptors (Lipinski definition) is 4. The van der Waals surface area contributed by atoms with E-state index in [0.29, 0.717) is 11.1 Å². The maximum Gasteiger partial charge on any atom is 0.243 e. The lowest BCUT2D eigenvalue weighted by Crippen LogP contribution is -2.27. The van der Waals surface area contributed by atoms with Gasteiger partial charge in [-0.25, -0.2) is 8.42 Å². The number of aromatic nitrogens is 2. The molecule has 0 fully saturated rings. The van der Waals surface area contributed by atoms with Crippen LogP contribution in [0.15, 0.2) is 35.5 Å². The van der Waals surface area contributed by atoms with Crippen molar-refractivity contribution in [1.82, 2.24) is 14.1 Å². The van der Waals surface area contributed by atoms with E-state index >= 15 is 0 Å². The number of aliphatic hydroxyl groups is 1. The Morgan fingerprint density at radius 3 is 2.67 bits per heavy atom. The number of nitrogens with zero attached hydrogens (tertiary/aromatic N) is 3. The minimum Gasteiger partial charge on any atom is -0.392 e. The second-order valence-electron chi connectivity index (χ2n) is 4.98. The first-order chi connectivity index (χ1) is 9.86. The van der Waals surface area contributed by atoms with E-state index in [2.05, 4.69) is 5.10 Å². The van der Waals surface area contributed by atoms with Crippen molar-refractivity contribution in [1.29, 1.82) is 0 Å². The van der Waals surface area contributed by atoms with E-state index in [-0.39, 0.29) is 18.0 Å². The van der Waals surface area contributed by atoms with Gasteiger partial charge in [0, 0.05) is 32.4 Å². The van der Waals surface area contributed by atoms with E-state index in [1.807, 2.05) is 0 Å². The van der Waals surface area contributed by atoms with Crippen molar-refractivity contribution in [2.75, 3.05) is 7.05 Å². The smallest absolute Gasteiger partial charge is 0.243 e. The molecule has 2 rings (SSSR count). The Balaban J connectivity index is 2.33. The third-order valence-corrected chi connectivity index (χ3v) is 5.37. The fraction of sp³-hybridized carbons (Fsp3) is 0.357. The molecule has 1 N–H and O–H groups in total. The van der Waals surface area contributed by atoms with Crippen LogP contribution >= 0.6 is 0 Å². The van der Waals surface area contributed by atoms with Crippen LogP contribution in [-0.4, -0.2) is 34.7 Å². The van der Waals surface area contributed by atoms with E-state index in [1.54, 1.807) is 49.2 Å². The minimum absolute atomic E-state index is 0.179. The van der Waals surface area contributed by atoms with Crippen LogP contribution in [0.2, 0.25) is 0 Å². The van der Waals surface area contributed by atoms with Gasteiger partial charge in [0.1, 0.15) is 0 Å². The summed E-state index contributed by atoms with van der Waals surface area (Å²) in [4.78, 5) is 0.223. The van der Waals surface area contributed by atoms with Crippen LogP contribution in [0.5, 0.6) is 0 Å². The Morgan fingerprint density at radius 2 is 2.10 bits per heavy atom. The van der Waals surface area contributed by atoms with Gasteiger partial charge in [0.25, 0.3) is 0 Å². The average Bonchev–Trinajstić information content (AvgIpc) is 2.84. The maximum atomic E-state index is 12.6. The van der Waals surface area contributed by atoms with Crippen molar-refractivity contribution in [2.24, 2.45) is 7.05 Å². The molecule has 1 aromatic carbocycles. The highest BCUT2D eigenvalue weighted by Gasteiger charge is 2.24. The van der Waals surface area contributed by atoms with Crippen molar-refractivity contribution < 1.29 is 13.5 Å². The second kappa shape index (κ2) is 5.97. The van der Waals surface area contributed by atoms with Crippen molar-refractivity contribution in [2.45, 2.75) is 25.0 Å². The van der Waals surface area contributed by atoms with Gasteiger partial charge in [0.05, 0.1) is 17.7 Å². The van der Waals surface area contributed by atoms with Gasteiger partial charge >= 0.3 is 0 Å². The zero-order valence-electron chi connectivity index (χ0n) is 12.3. The number of benzene rings is 1. The molecule has 0 amide bonds. The number of hydrogen-bond donors (Lipinski definition) is 1. The molecule has 0 saturated heterocycles. The Hall–Kier alpha value is -1.70. The third-order valence-electron chi connectivity index (χ3n) is 3.42. The maximum absolute atomic E-state index is 12.6. The summed E-state index contributed by atoms with van der Waals surface area (Å²) >= 11 is 0. The molecule has 0 aliphatic heterocycles. The monoisotopic (exact) mass is 309 g/mol. The molecule has 2 aromatic rings. The van der Waals surface area contributed by atoms with Crippen LogP contribution in [0.25, 0.3) is 0 Å². The van der Waals surface area contributed by atoms with E-state index in [0.717, 1.165) is 5.56 Å². The Labute approximate surface area is 124 Å². The zero-order chi connectivity index (χ0) is 15.6. The molecule has 0 atom stereocenters. The first-order valence-electron chi connectivity index (χ1n) is 6.49. The number of sulfonamides is 1. The summed E-state index contributed by atoms with van der Waals surface area (Å²) in [5.41, 5.74) is 2.02. The summed E-state index contributed by atoms with van der Waals surface area (Å²) in [7, 11) is -0.286. The SMILES string of the molecule is Cc1c(CO)cccc1S(=O)(=O)N(C)Cc1cnn(C)c1. The molecule has 1 heterocycles. The van der Waals surface area contributed by atoms with Crippen molar-refractivity contribution in [3.8, 4) is 0 Å². The minimum atomic E-state index is -3.61. The summed E-state index contributed by atoms with van der Waals surface area (Å²) < 4.78 is 28.2. The van der Waals surface area contributed by atoms with Crippen molar-refractivity contribution in [3.05, 3.63) is 47.3 Å². The molecular weight excluding hydrogens is 290 g/mol. The van der Waals surface area contributed by atoms with Crippen molar-refractivity contribution >= 4 is 10.0 Å². The van der Waals surface area contributed by atoms with Gasteiger partial charge in [-0.3, -0.25) is 4.68 Å². The highest BCUT2D eigenvalue weighted by molar-refractivity contribution is 7.89. The topological polar surface area (TPSA) is 75.4 Å². The van der Waals surface area contributed by atoms with Crippen LogP contribution in [0.4, 0.5) is 0 Å². The highest BCUT2D eigenvalue weighted by atomic mass is 32.2. The molecule has 0 bridgehead atoms. The molecule has 0 unspecified atom stereocenters. The Kier molecular flexibility index (Phi) is 4.46. The standard InChI is InChI=1S/C14H19N3O3S/c1-11-13(10-18)5-4-6-14(11)21(19,20)17(3)9-12-7-15-16(2)8-12/h4-8,18H,9-10H2,1-3H3. The van der Waals surface area contributed by atoms with Gasteiger partial charge in [0.2, 0.25) is 10.0 Å². The van der Waals surface area contributed by atoms with Gasteiger partial charge < -0.3 is 5.11 Å². The molecule has 0 spiro atoms. The van der Waals surface area contributed by atoms with Gasteiger partial charge in [-0.15, -0.1) is 0 Å². The van der Waals surface area contributed by atoms with Gasteiger partial charge in [0.15, 0.2) is 0 Å². The highest BCUT2D eigenvalue weighted by Crippen LogP contribution is 2.23. The lowest BCUT2D eigenvalue weighted by atomic mass is 10.1. The summed E-state index contributed by atoms with van der Waals surface area (Å²) in [6.45, 7) is 1.77. The normalized spacial score (nSPS) is 12.0. The van der Waals surface area contributed by atoms with E-state index < -0.39 is 10.0 Å². The van der Waals surface area contributed by atoms with Crippen LogP contribution in [-0.2, 0) is 30.2 Å². The Bertz CT molecular complexity index is 738. The number of aryl methyl sites for hydroxylation is 1. The third kappa shape index (κ3) is 3.15. The lowest BCUT2D eigenvalue weighted by molar-refractivity contribution is 0.280. The largest absolute Gasteiger partial charge is 0.392 e. The quantitative estimate of drug-likeness (QED) is 0.895. The molecule has 7 heteroatoms. The molecule has 1 aromatic heterocycles. The molecule has 0 saturated carbocycles. The summed E-state index contributed by atoms with van der Waals surface area (Å²) in [5.74, 6) is 0. The average molecular weight is 309 g/mol. The Morgan fingerprint density at radius 1 is 1.38 bits per heavy atom. The first kappa shape index (κ1) is 15.7. The lowest BCUT2D eigenvalue weighted by Gasteiger charge is -2.18. The molecular formula is C14H19N3O3S. The molecule has 21 heavy (non-hydrogen) atoms.